The highest BCUT2D eigenvalue weighted by Gasteiger charge is 2.30. The van der Waals surface area contributed by atoms with E-state index in [0.717, 1.165) is 22.2 Å². The predicted octanol–water partition coefficient (Wildman–Crippen LogP) is 5.09. The van der Waals surface area contributed by atoms with Crippen molar-refractivity contribution in [3.05, 3.63) is 58.1 Å². The molecule has 2 aromatic carbocycles. The van der Waals surface area contributed by atoms with Gasteiger partial charge in [-0.2, -0.15) is 13.2 Å². The van der Waals surface area contributed by atoms with Crippen molar-refractivity contribution in [3.8, 4) is 5.75 Å². The number of rotatable bonds is 4. The van der Waals surface area contributed by atoms with Crippen molar-refractivity contribution in [2.45, 2.75) is 12.7 Å². The first-order valence-electron chi connectivity index (χ1n) is 6.13. The van der Waals surface area contributed by atoms with Crippen molar-refractivity contribution in [3.63, 3.8) is 0 Å². The number of halogens is 4. The summed E-state index contributed by atoms with van der Waals surface area (Å²) >= 11 is 3.40. The van der Waals surface area contributed by atoms with Crippen LogP contribution in [0.1, 0.15) is 11.1 Å². The number of methoxy groups -OCH3 is 1. The van der Waals surface area contributed by atoms with E-state index in [9.17, 15) is 13.2 Å². The third-order valence-electron chi connectivity index (χ3n) is 2.93. The summed E-state index contributed by atoms with van der Waals surface area (Å²) in [5.74, 6) is 0.694. The van der Waals surface area contributed by atoms with Gasteiger partial charge < -0.3 is 10.1 Å². The summed E-state index contributed by atoms with van der Waals surface area (Å²) in [6, 6.07) is 10.6. The van der Waals surface area contributed by atoms with E-state index in [-0.39, 0.29) is 0 Å². The second-order valence-electron chi connectivity index (χ2n) is 4.39. The van der Waals surface area contributed by atoms with Crippen molar-refractivity contribution in [1.29, 1.82) is 0 Å². The van der Waals surface area contributed by atoms with Gasteiger partial charge in [0.05, 0.1) is 12.7 Å². The average molecular weight is 360 g/mol. The number of alkyl halides is 3. The maximum atomic E-state index is 12.6. The molecule has 0 saturated heterocycles. The summed E-state index contributed by atoms with van der Waals surface area (Å²) in [6.45, 7) is 0.388. The van der Waals surface area contributed by atoms with E-state index in [1.807, 2.05) is 12.1 Å². The number of anilines is 1. The summed E-state index contributed by atoms with van der Waals surface area (Å²) in [6.07, 6.45) is -4.34. The largest absolute Gasteiger partial charge is 0.497 e. The minimum Gasteiger partial charge on any atom is -0.497 e. The summed E-state index contributed by atoms with van der Waals surface area (Å²) in [5, 5.41) is 2.98. The molecule has 0 aliphatic heterocycles. The fourth-order valence-corrected chi connectivity index (χ4v) is 2.20. The Hall–Kier alpha value is -1.69. The van der Waals surface area contributed by atoms with E-state index < -0.39 is 11.7 Å². The fourth-order valence-electron chi connectivity index (χ4n) is 1.82. The maximum Gasteiger partial charge on any atom is 0.416 e. The number of benzene rings is 2. The Kier molecular flexibility index (Phi) is 4.77. The van der Waals surface area contributed by atoms with Crippen LogP contribution in [0, 0.1) is 0 Å². The van der Waals surface area contributed by atoms with Crippen LogP contribution < -0.4 is 10.1 Å². The molecule has 2 aromatic rings. The number of nitrogens with one attached hydrogen (secondary N) is 1. The summed E-state index contributed by atoms with van der Waals surface area (Å²) < 4.78 is 43.9. The standard InChI is InChI=1S/C15H13BrF3NO/c1-21-13-5-6-14(16)10(7-13)9-20-12-4-2-3-11(8-12)15(17,18)19/h2-8,20H,9H2,1H3. The quantitative estimate of drug-likeness (QED) is 0.820. The van der Waals surface area contributed by atoms with Crippen LogP contribution in [0.25, 0.3) is 0 Å². The molecule has 0 aliphatic carbocycles. The molecule has 21 heavy (non-hydrogen) atoms. The molecule has 2 nitrogen and oxygen atoms in total. The number of hydrogen-bond acceptors (Lipinski definition) is 2. The van der Waals surface area contributed by atoms with Crippen LogP contribution in [0.3, 0.4) is 0 Å². The van der Waals surface area contributed by atoms with Crippen molar-refractivity contribution in [2.24, 2.45) is 0 Å². The van der Waals surface area contributed by atoms with Crippen molar-refractivity contribution >= 4 is 21.6 Å². The van der Waals surface area contributed by atoms with Gasteiger partial charge >= 0.3 is 6.18 Å². The lowest BCUT2D eigenvalue weighted by atomic mass is 10.1. The maximum absolute atomic E-state index is 12.6. The van der Waals surface area contributed by atoms with E-state index in [0.29, 0.717) is 18.0 Å². The minimum atomic E-state index is -4.34. The van der Waals surface area contributed by atoms with E-state index in [1.54, 1.807) is 19.2 Å². The van der Waals surface area contributed by atoms with Crippen LogP contribution in [0.4, 0.5) is 18.9 Å². The molecule has 0 aliphatic rings. The molecule has 0 heterocycles. The van der Waals surface area contributed by atoms with Gasteiger partial charge in [0.25, 0.3) is 0 Å². The van der Waals surface area contributed by atoms with Crippen LogP contribution in [-0.2, 0) is 12.7 Å². The minimum absolute atomic E-state index is 0.388. The molecule has 6 heteroatoms. The second-order valence-corrected chi connectivity index (χ2v) is 5.24. The molecule has 0 radical (unpaired) electrons. The van der Waals surface area contributed by atoms with Crippen LogP contribution in [0.2, 0.25) is 0 Å². The normalized spacial score (nSPS) is 11.3. The molecule has 0 atom stereocenters. The molecule has 0 amide bonds. The Bertz CT molecular complexity index is 629. The van der Waals surface area contributed by atoms with Crippen LogP contribution in [-0.4, -0.2) is 7.11 Å². The summed E-state index contributed by atoms with van der Waals surface area (Å²) in [7, 11) is 1.56. The fraction of sp³-hybridized carbons (Fsp3) is 0.200. The molecule has 0 aromatic heterocycles. The van der Waals surface area contributed by atoms with Gasteiger partial charge in [-0.1, -0.05) is 22.0 Å². The van der Waals surface area contributed by atoms with Gasteiger partial charge in [0.1, 0.15) is 5.75 Å². The first kappa shape index (κ1) is 15.7. The molecule has 2 rings (SSSR count). The zero-order chi connectivity index (χ0) is 15.5. The lowest BCUT2D eigenvalue weighted by molar-refractivity contribution is -0.137. The van der Waals surface area contributed by atoms with Crippen LogP contribution in [0.15, 0.2) is 46.9 Å². The van der Waals surface area contributed by atoms with Crippen molar-refractivity contribution in [1.82, 2.24) is 0 Å². The van der Waals surface area contributed by atoms with E-state index in [2.05, 4.69) is 21.2 Å². The SMILES string of the molecule is COc1ccc(Br)c(CNc2cccc(C(F)(F)F)c2)c1. The number of hydrogen-bond donors (Lipinski definition) is 1. The average Bonchev–Trinajstić information content (AvgIpc) is 2.46. The first-order valence-corrected chi connectivity index (χ1v) is 6.93. The topological polar surface area (TPSA) is 21.3 Å². The van der Waals surface area contributed by atoms with Gasteiger partial charge in [-0.05, 0) is 42.0 Å². The third kappa shape index (κ3) is 4.14. The third-order valence-corrected chi connectivity index (χ3v) is 3.70. The van der Waals surface area contributed by atoms with Gasteiger partial charge in [-0.25, -0.2) is 0 Å². The Morgan fingerprint density at radius 3 is 2.57 bits per heavy atom. The van der Waals surface area contributed by atoms with E-state index in [4.69, 9.17) is 4.74 Å². The molecular weight excluding hydrogens is 347 g/mol. The highest BCUT2D eigenvalue weighted by Crippen LogP contribution is 2.31. The van der Waals surface area contributed by atoms with Gasteiger partial charge in [-0.3, -0.25) is 0 Å². The molecule has 1 N–H and O–H groups in total. The van der Waals surface area contributed by atoms with E-state index >= 15 is 0 Å². The Morgan fingerprint density at radius 2 is 1.90 bits per heavy atom. The predicted molar refractivity (Wildman–Crippen MR) is 79.5 cm³/mol. The smallest absolute Gasteiger partial charge is 0.416 e. The molecule has 0 unspecified atom stereocenters. The Balaban J connectivity index is 2.13. The van der Waals surface area contributed by atoms with Gasteiger partial charge in [0.15, 0.2) is 0 Å². The van der Waals surface area contributed by atoms with Crippen molar-refractivity contribution < 1.29 is 17.9 Å². The second kappa shape index (κ2) is 6.39. The van der Waals surface area contributed by atoms with Crippen LogP contribution >= 0.6 is 15.9 Å². The highest BCUT2D eigenvalue weighted by atomic mass is 79.9. The number of ether oxygens (including phenoxy) is 1. The molecule has 0 saturated carbocycles. The van der Waals surface area contributed by atoms with Gasteiger partial charge in [0.2, 0.25) is 0 Å². The molecule has 112 valence electrons. The van der Waals surface area contributed by atoms with Crippen molar-refractivity contribution in [2.75, 3.05) is 12.4 Å². The molecular formula is C15H13BrF3NO. The summed E-state index contributed by atoms with van der Waals surface area (Å²) in [4.78, 5) is 0. The first-order chi connectivity index (χ1) is 9.90. The van der Waals surface area contributed by atoms with Gasteiger partial charge in [-0.15, -0.1) is 0 Å². The Labute approximate surface area is 129 Å². The highest BCUT2D eigenvalue weighted by molar-refractivity contribution is 9.10. The summed E-state index contributed by atoms with van der Waals surface area (Å²) in [5.41, 5.74) is 0.642. The lowest BCUT2D eigenvalue weighted by Crippen LogP contribution is -2.06. The van der Waals surface area contributed by atoms with Crippen LogP contribution in [0.5, 0.6) is 5.75 Å². The molecule has 0 bridgehead atoms. The van der Waals surface area contributed by atoms with Gasteiger partial charge in [0, 0.05) is 16.7 Å². The van der Waals surface area contributed by atoms with E-state index in [1.165, 1.54) is 6.07 Å². The zero-order valence-corrected chi connectivity index (χ0v) is 12.8. The zero-order valence-electron chi connectivity index (χ0n) is 11.2. The monoisotopic (exact) mass is 359 g/mol. The molecule has 0 fully saturated rings. The Morgan fingerprint density at radius 1 is 1.14 bits per heavy atom. The lowest BCUT2D eigenvalue weighted by Gasteiger charge is -2.12. The molecule has 0 spiro atoms.